The second kappa shape index (κ2) is 6.24. The summed E-state index contributed by atoms with van der Waals surface area (Å²) in [7, 11) is 0. The van der Waals surface area contributed by atoms with Crippen LogP contribution in [-0.4, -0.2) is 18.1 Å². The number of ether oxygens (including phenoxy) is 2. The number of nitrogens with one attached hydrogen (secondary N) is 1. The molecule has 23 heavy (non-hydrogen) atoms. The van der Waals surface area contributed by atoms with Gasteiger partial charge in [-0.2, -0.15) is 0 Å². The minimum absolute atomic E-state index is 0.00173. The van der Waals surface area contributed by atoms with Crippen molar-refractivity contribution in [2.24, 2.45) is 0 Å². The predicted octanol–water partition coefficient (Wildman–Crippen LogP) is 2.81. The monoisotopic (exact) mass is 319 g/mol. The maximum atomic E-state index is 13.1. The van der Waals surface area contributed by atoms with Crippen LogP contribution in [0.3, 0.4) is 0 Å². The first kappa shape index (κ1) is 15.3. The second-order valence-corrected chi connectivity index (χ2v) is 5.30. The Kier molecular flexibility index (Phi) is 4.14. The number of halogens is 2. The topological polar surface area (TPSA) is 47.6 Å². The lowest BCUT2D eigenvalue weighted by atomic mass is 10.1. The van der Waals surface area contributed by atoms with E-state index in [1.807, 2.05) is 6.07 Å². The lowest BCUT2D eigenvalue weighted by Gasteiger charge is -2.31. The fourth-order valence-electron chi connectivity index (χ4n) is 2.41. The largest absolute Gasteiger partial charge is 0.482 e. The van der Waals surface area contributed by atoms with Gasteiger partial charge in [0.2, 0.25) is 6.10 Å². The zero-order chi connectivity index (χ0) is 16.4. The summed E-state index contributed by atoms with van der Waals surface area (Å²) in [6.45, 7) is 1.73. The molecule has 120 valence electrons. The Balaban J connectivity index is 1.66. The van der Waals surface area contributed by atoms with Crippen molar-refractivity contribution >= 4 is 5.91 Å². The van der Waals surface area contributed by atoms with E-state index in [9.17, 15) is 13.6 Å². The van der Waals surface area contributed by atoms with Crippen LogP contribution in [0.2, 0.25) is 0 Å². The van der Waals surface area contributed by atoms with Gasteiger partial charge in [0, 0.05) is 12.6 Å². The molecule has 0 bridgehead atoms. The molecule has 0 radical (unpaired) electrons. The third-order valence-corrected chi connectivity index (χ3v) is 3.49. The minimum atomic E-state index is -0.830. The van der Waals surface area contributed by atoms with Crippen molar-refractivity contribution in [3.05, 3.63) is 59.7 Å². The van der Waals surface area contributed by atoms with E-state index >= 15 is 0 Å². The molecular formula is C17H15F2NO3. The van der Waals surface area contributed by atoms with Gasteiger partial charge >= 0.3 is 0 Å². The molecule has 2 aromatic carbocycles. The average Bonchev–Trinajstić information content (AvgIpc) is 2.51. The van der Waals surface area contributed by atoms with E-state index in [4.69, 9.17) is 9.47 Å². The molecule has 0 unspecified atom stereocenters. The first-order chi connectivity index (χ1) is 11.0. The first-order valence-corrected chi connectivity index (χ1v) is 7.18. The van der Waals surface area contributed by atoms with Gasteiger partial charge in [0.25, 0.3) is 5.91 Å². The Morgan fingerprint density at radius 1 is 1.09 bits per heavy atom. The summed E-state index contributed by atoms with van der Waals surface area (Å²) in [6.07, 6.45) is -1.31. The van der Waals surface area contributed by atoms with Crippen molar-refractivity contribution in [1.29, 1.82) is 0 Å². The molecule has 0 fully saturated rings. The molecule has 1 heterocycles. The van der Waals surface area contributed by atoms with Gasteiger partial charge in [-0.15, -0.1) is 0 Å². The Labute approximate surface area is 132 Å². The van der Waals surface area contributed by atoms with Gasteiger partial charge in [-0.1, -0.05) is 12.1 Å². The fraction of sp³-hybridized carbons (Fsp3) is 0.235. The Hall–Kier alpha value is -2.63. The van der Waals surface area contributed by atoms with Gasteiger partial charge in [-0.25, -0.2) is 8.78 Å². The van der Waals surface area contributed by atoms with Crippen molar-refractivity contribution in [3.8, 4) is 11.5 Å². The first-order valence-electron chi connectivity index (χ1n) is 7.18. The smallest absolute Gasteiger partial charge is 0.265 e. The van der Waals surface area contributed by atoms with Crippen molar-refractivity contribution in [3.63, 3.8) is 0 Å². The molecule has 0 saturated carbocycles. The van der Waals surface area contributed by atoms with Crippen LogP contribution in [0.15, 0.2) is 42.5 Å². The second-order valence-electron chi connectivity index (χ2n) is 5.30. The number of carbonyl (C=O) groups is 1. The van der Waals surface area contributed by atoms with Gasteiger partial charge in [-0.05, 0) is 36.8 Å². The molecule has 3 rings (SSSR count). The van der Waals surface area contributed by atoms with E-state index < -0.39 is 29.7 Å². The fourth-order valence-corrected chi connectivity index (χ4v) is 2.41. The lowest BCUT2D eigenvalue weighted by molar-refractivity contribution is -0.133. The number of amides is 1. The highest BCUT2D eigenvalue weighted by Gasteiger charge is 2.33. The van der Waals surface area contributed by atoms with Crippen LogP contribution in [0.4, 0.5) is 8.78 Å². The van der Waals surface area contributed by atoms with Crippen LogP contribution in [0.25, 0.3) is 0 Å². The molecule has 2 atom stereocenters. The van der Waals surface area contributed by atoms with Crippen molar-refractivity contribution in [1.82, 2.24) is 5.32 Å². The summed E-state index contributed by atoms with van der Waals surface area (Å²) >= 11 is 0. The molecule has 4 nitrogen and oxygen atoms in total. The highest BCUT2D eigenvalue weighted by atomic mass is 19.1. The minimum Gasteiger partial charge on any atom is -0.482 e. The third kappa shape index (κ3) is 3.41. The maximum Gasteiger partial charge on any atom is 0.265 e. The van der Waals surface area contributed by atoms with Crippen molar-refractivity contribution in [2.75, 3.05) is 0 Å². The van der Waals surface area contributed by atoms with E-state index in [1.54, 1.807) is 25.1 Å². The summed E-state index contributed by atoms with van der Waals surface area (Å²) in [4.78, 5) is 12.3. The number of hydrogen-bond donors (Lipinski definition) is 1. The van der Waals surface area contributed by atoms with Gasteiger partial charge in [0.1, 0.15) is 17.7 Å². The van der Waals surface area contributed by atoms with Gasteiger partial charge in [0.05, 0.1) is 0 Å². The summed E-state index contributed by atoms with van der Waals surface area (Å²) in [5.41, 5.74) is 0.334. The number of para-hydroxylation sites is 2. The molecule has 2 aromatic rings. The number of rotatable bonds is 3. The normalized spacial score (nSPS) is 19.3. The van der Waals surface area contributed by atoms with E-state index in [2.05, 4.69) is 5.32 Å². The zero-order valence-corrected chi connectivity index (χ0v) is 12.4. The molecular weight excluding hydrogens is 304 g/mol. The Morgan fingerprint density at radius 3 is 2.35 bits per heavy atom. The van der Waals surface area contributed by atoms with E-state index in [1.165, 1.54) is 12.1 Å². The van der Waals surface area contributed by atoms with Crippen LogP contribution >= 0.6 is 0 Å². The predicted molar refractivity (Wildman–Crippen MR) is 79.2 cm³/mol. The molecule has 0 saturated heterocycles. The van der Waals surface area contributed by atoms with Crippen LogP contribution in [0, 0.1) is 11.6 Å². The van der Waals surface area contributed by atoms with E-state index in [0.29, 0.717) is 17.1 Å². The van der Waals surface area contributed by atoms with E-state index in [-0.39, 0.29) is 6.54 Å². The van der Waals surface area contributed by atoms with Gasteiger partial charge in [0.15, 0.2) is 11.5 Å². The van der Waals surface area contributed by atoms with Crippen molar-refractivity contribution < 1.29 is 23.0 Å². The number of benzene rings is 2. The quantitative estimate of drug-likeness (QED) is 0.946. The summed E-state index contributed by atoms with van der Waals surface area (Å²) in [5, 5.41) is 2.61. The third-order valence-electron chi connectivity index (χ3n) is 3.49. The molecule has 6 heteroatoms. The Morgan fingerprint density at radius 2 is 1.70 bits per heavy atom. The van der Waals surface area contributed by atoms with Gasteiger partial charge in [-0.3, -0.25) is 4.79 Å². The molecule has 1 aliphatic rings. The summed E-state index contributed by atoms with van der Waals surface area (Å²) < 4.78 is 37.6. The van der Waals surface area contributed by atoms with Gasteiger partial charge < -0.3 is 14.8 Å². The molecule has 0 aromatic heterocycles. The number of hydrogen-bond acceptors (Lipinski definition) is 3. The standard InChI is InChI=1S/C17H15F2NO3/c1-10-16(23-15-5-3-2-4-14(15)22-10)17(21)20-9-11-6-12(18)8-13(19)7-11/h2-8,10,16H,9H2,1H3,(H,20,21)/t10-,16+/m0/s1. The molecule has 1 aliphatic heterocycles. The zero-order valence-electron chi connectivity index (χ0n) is 12.4. The molecule has 1 amide bonds. The number of carbonyl (C=O) groups excluding carboxylic acids is 1. The van der Waals surface area contributed by atoms with Crippen LogP contribution < -0.4 is 14.8 Å². The number of fused-ring (bicyclic) bond motifs is 1. The highest BCUT2D eigenvalue weighted by Crippen LogP contribution is 2.33. The van der Waals surface area contributed by atoms with Crippen LogP contribution in [0.1, 0.15) is 12.5 Å². The average molecular weight is 319 g/mol. The van der Waals surface area contributed by atoms with Crippen LogP contribution in [-0.2, 0) is 11.3 Å². The van der Waals surface area contributed by atoms with Crippen molar-refractivity contribution in [2.45, 2.75) is 25.7 Å². The lowest BCUT2D eigenvalue weighted by Crippen LogP contribution is -2.48. The molecule has 1 N–H and O–H groups in total. The van der Waals surface area contributed by atoms with Crippen LogP contribution in [0.5, 0.6) is 11.5 Å². The SMILES string of the molecule is C[C@@H]1Oc2ccccc2O[C@H]1C(=O)NCc1cc(F)cc(F)c1. The molecule has 0 spiro atoms. The molecule has 0 aliphatic carbocycles. The maximum absolute atomic E-state index is 13.1. The van der Waals surface area contributed by atoms with E-state index in [0.717, 1.165) is 6.07 Å². The summed E-state index contributed by atoms with van der Waals surface area (Å²) in [5.74, 6) is -0.710. The highest BCUT2D eigenvalue weighted by molar-refractivity contribution is 5.82. The summed E-state index contributed by atoms with van der Waals surface area (Å²) in [6, 6.07) is 10.2. The Bertz CT molecular complexity index is 715.